The summed E-state index contributed by atoms with van der Waals surface area (Å²) in [5.41, 5.74) is 5.77. The van der Waals surface area contributed by atoms with Crippen molar-refractivity contribution >= 4 is 0 Å². The Kier molecular flexibility index (Phi) is 2.45. The van der Waals surface area contributed by atoms with Crippen molar-refractivity contribution in [1.29, 1.82) is 5.26 Å². The van der Waals surface area contributed by atoms with Gasteiger partial charge in [-0.1, -0.05) is 0 Å². The van der Waals surface area contributed by atoms with Crippen molar-refractivity contribution < 1.29 is 0 Å². The van der Waals surface area contributed by atoms with Crippen LogP contribution < -0.4 is 5.73 Å². The molecule has 0 bridgehead atoms. The largest absolute Gasteiger partial charge is 0.315 e. The molecule has 1 heterocycles. The standard InChI is InChI=1S/C7H14N4/c1-10-4-6(3-8)11(2)7(9)5-10/h6-7H,4-5,9H2,1-2H3. The van der Waals surface area contributed by atoms with Crippen molar-refractivity contribution in [2.45, 2.75) is 12.2 Å². The van der Waals surface area contributed by atoms with Crippen molar-refractivity contribution in [3.05, 3.63) is 0 Å². The molecule has 4 nitrogen and oxygen atoms in total. The van der Waals surface area contributed by atoms with Crippen molar-refractivity contribution in [1.82, 2.24) is 9.80 Å². The minimum Gasteiger partial charge on any atom is -0.315 e. The van der Waals surface area contributed by atoms with E-state index in [0.29, 0.717) is 0 Å². The van der Waals surface area contributed by atoms with Gasteiger partial charge in [0.25, 0.3) is 0 Å². The van der Waals surface area contributed by atoms with E-state index in [1.54, 1.807) is 0 Å². The molecule has 0 aromatic heterocycles. The maximum absolute atomic E-state index is 8.72. The number of rotatable bonds is 0. The second-order valence-corrected chi connectivity index (χ2v) is 3.10. The zero-order valence-electron chi connectivity index (χ0n) is 6.99. The topological polar surface area (TPSA) is 56.3 Å². The Bertz CT molecular complexity index is 174. The van der Waals surface area contributed by atoms with E-state index in [2.05, 4.69) is 11.0 Å². The number of nitriles is 1. The highest BCUT2D eigenvalue weighted by molar-refractivity contribution is 4.97. The number of piperazine rings is 1. The lowest BCUT2D eigenvalue weighted by Gasteiger charge is -2.38. The fourth-order valence-electron chi connectivity index (χ4n) is 1.31. The van der Waals surface area contributed by atoms with Crippen LogP contribution in [0.25, 0.3) is 0 Å². The summed E-state index contributed by atoms with van der Waals surface area (Å²) in [5, 5.41) is 8.72. The third kappa shape index (κ3) is 1.69. The fraction of sp³-hybridized carbons (Fsp3) is 0.857. The first kappa shape index (κ1) is 8.47. The molecule has 0 radical (unpaired) electrons. The second-order valence-electron chi connectivity index (χ2n) is 3.10. The molecule has 62 valence electrons. The number of hydrogen-bond acceptors (Lipinski definition) is 4. The highest BCUT2D eigenvalue weighted by Gasteiger charge is 2.27. The van der Waals surface area contributed by atoms with Gasteiger partial charge in [0.1, 0.15) is 6.04 Å². The maximum atomic E-state index is 8.72. The van der Waals surface area contributed by atoms with Crippen LogP contribution in [0.2, 0.25) is 0 Å². The van der Waals surface area contributed by atoms with E-state index in [4.69, 9.17) is 11.0 Å². The predicted molar refractivity (Wildman–Crippen MR) is 42.6 cm³/mol. The molecule has 2 atom stereocenters. The fourth-order valence-corrected chi connectivity index (χ4v) is 1.31. The Morgan fingerprint density at radius 2 is 2.09 bits per heavy atom. The second kappa shape index (κ2) is 3.18. The summed E-state index contributed by atoms with van der Waals surface area (Å²) < 4.78 is 0. The van der Waals surface area contributed by atoms with E-state index in [1.165, 1.54) is 0 Å². The van der Waals surface area contributed by atoms with Crippen molar-refractivity contribution in [2.75, 3.05) is 27.2 Å². The van der Waals surface area contributed by atoms with E-state index in [0.717, 1.165) is 13.1 Å². The monoisotopic (exact) mass is 154 g/mol. The van der Waals surface area contributed by atoms with Gasteiger partial charge in [0, 0.05) is 13.1 Å². The summed E-state index contributed by atoms with van der Waals surface area (Å²) in [5.74, 6) is 0. The molecule has 0 aliphatic carbocycles. The summed E-state index contributed by atoms with van der Waals surface area (Å²) in [7, 11) is 3.88. The smallest absolute Gasteiger partial charge is 0.112 e. The molecular formula is C7H14N4. The molecule has 2 N–H and O–H groups in total. The first-order chi connectivity index (χ1) is 5.15. The van der Waals surface area contributed by atoms with E-state index >= 15 is 0 Å². The predicted octanol–water partition coefficient (Wildman–Crippen LogP) is -0.959. The summed E-state index contributed by atoms with van der Waals surface area (Å²) in [6.45, 7) is 1.63. The van der Waals surface area contributed by atoms with E-state index in [9.17, 15) is 0 Å². The molecule has 0 saturated carbocycles. The van der Waals surface area contributed by atoms with Crippen molar-refractivity contribution in [2.24, 2.45) is 5.73 Å². The molecule has 0 amide bonds. The van der Waals surface area contributed by atoms with Gasteiger partial charge in [0.2, 0.25) is 0 Å². The molecule has 0 aromatic carbocycles. The van der Waals surface area contributed by atoms with Gasteiger partial charge in [0.05, 0.1) is 12.2 Å². The van der Waals surface area contributed by atoms with Gasteiger partial charge >= 0.3 is 0 Å². The minimum absolute atomic E-state index is 0.00148. The first-order valence-corrected chi connectivity index (χ1v) is 3.71. The summed E-state index contributed by atoms with van der Waals surface area (Å²) >= 11 is 0. The Balaban J connectivity index is 2.60. The third-order valence-corrected chi connectivity index (χ3v) is 2.15. The van der Waals surface area contributed by atoms with Crippen molar-refractivity contribution in [3.63, 3.8) is 0 Å². The average Bonchev–Trinajstić information content (AvgIpc) is 1.96. The molecule has 1 aliphatic rings. The molecule has 0 spiro atoms. The quantitative estimate of drug-likeness (QED) is 0.488. The summed E-state index contributed by atoms with van der Waals surface area (Å²) in [4.78, 5) is 4.00. The Morgan fingerprint density at radius 3 is 2.64 bits per heavy atom. The van der Waals surface area contributed by atoms with Crippen LogP contribution in [0.5, 0.6) is 0 Å². The summed E-state index contributed by atoms with van der Waals surface area (Å²) in [6.07, 6.45) is -0.00148. The van der Waals surface area contributed by atoms with Gasteiger partial charge in [-0.25, -0.2) is 0 Å². The highest BCUT2D eigenvalue weighted by Crippen LogP contribution is 2.07. The molecule has 0 aromatic rings. The van der Waals surface area contributed by atoms with E-state index in [1.807, 2.05) is 19.0 Å². The number of nitrogens with two attached hydrogens (primary N) is 1. The van der Waals surface area contributed by atoms with Crippen LogP contribution >= 0.6 is 0 Å². The molecule has 1 aliphatic heterocycles. The number of nitrogens with zero attached hydrogens (tertiary/aromatic N) is 3. The minimum atomic E-state index is -0.0521. The van der Waals surface area contributed by atoms with Gasteiger partial charge in [-0.15, -0.1) is 0 Å². The molecule has 1 saturated heterocycles. The zero-order chi connectivity index (χ0) is 8.43. The molecule has 2 unspecified atom stereocenters. The summed E-state index contributed by atoms with van der Waals surface area (Å²) in [6, 6.07) is 2.17. The number of hydrogen-bond donors (Lipinski definition) is 1. The molecular weight excluding hydrogens is 140 g/mol. The van der Waals surface area contributed by atoms with Crippen LogP contribution in [0.3, 0.4) is 0 Å². The molecule has 4 heteroatoms. The van der Waals surface area contributed by atoms with Crippen LogP contribution in [-0.2, 0) is 0 Å². The SMILES string of the molecule is CN1CC(N)N(C)C(C#N)C1. The van der Waals surface area contributed by atoms with Crippen LogP contribution in [0.1, 0.15) is 0 Å². The molecule has 11 heavy (non-hydrogen) atoms. The van der Waals surface area contributed by atoms with Gasteiger partial charge < -0.3 is 10.6 Å². The average molecular weight is 154 g/mol. The highest BCUT2D eigenvalue weighted by atomic mass is 15.3. The Hall–Kier alpha value is -0.630. The van der Waals surface area contributed by atoms with Crippen LogP contribution in [-0.4, -0.2) is 49.2 Å². The lowest BCUT2D eigenvalue weighted by atomic mass is 10.2. The lowest BCUT2D eigenvalue weighted by molar-refractivity contribution is 0.0868. The molecule has 1 rings (SSSR count). The third-order valence-electron chi connectivity index (χ3n) is 2.15. The molecule has 1 fully saturated rings. The van der Waals surface area contributed by atoms with Gasteiger partial charge in [-0.3, -0.25) is 4.90 Å². The number of likely N-dealkylation sites (N-methyl/N-ethyl adjacent to an activating group) is 2. The van der Waals surface area contributed by atoms with Gasteiger partial charge in [0.15, 0.2) is 0 Å². The van der Waals surface area contributed by atoms with Gasteiger partial charge in [-0.05, 0) is 14.1 Å². The van der Waals surface area contributed by atoms with Crippen LogP contribution in [0.4, 0.5) is 0 Å². The van der Waals surface area contributed by atoms with E-state index in [-0.39, 0.29) is 12.2 Å². The maximum Gasteiger partial charge on any atom is 0.112 e. The zero-order valence-corrected chi connectivity index (χ0v) is 6.99. The lowest BCUT2D eigenvalue weighted by Crippen LogP contribution is -2.59. The van der Waals surface area contributed by atoms with Crippen LogP contribution in [0, 0.1) is 11.3 Å². The van der Waals surface area contributed by atoms with Crippen LogP contribution in [0.15, 0.2) is 0 Å². The van der Waals surface area contributed by atoms with Gasteiger partial charge in [-0.2, -0.15) is 5.26 Å². The normalized spacial score (nSPS) is 35.1. The first-order valence-electron chi connectivity index (χ1n) is 3.71. The van der Waals surface area contributed by atoms with E-state index < -0.39 is 0 Å². The Morgan fingerprint density at radius 1 is 1.45 bits per heavy atom. The Labute approximate surface area is 67.2 Å². The van der Waals surface area contributed by atoms with Crippen molar-refractivity contribution in [3.8, 4) is 6.07 Å².